The van der Waals surface area contributed by atoms with Gasteiger partial charge in [-0.3, -0.25) is 9.97 Å². The van der Waals surface area contributed by atoms with Gasteiger partial charge in [0.05, 0.1) is 5.69 Å². The van der Waals surface area contributed by atoms with Gasteiger partial charge in [-0.25, -0.2) is 0 Å². The third-order valence-electron chi connectivity index (χ3n) is 2.86. The van der Waals surface area contributed by atoms with E-state index in [0.717, 1.165) is 12.1 Å². The fourth-order valence-electron chi connectivity index (χ4n) is 2.00. The highest BCUT2D eigenvalue weighted by Gasteiger charge is 2.11. The molecule has 96 valence electrons. The van der Waals surface area contributed by atoms with Gasteiger partial charge >= 0.3 is 0 Å². The highest BCUT2D eigenvalue weighted by Crippen LogP contribution is 2.17. The predicted molar refractivity (Wildman–Crippen MR) is 75.8 cm³/mol. The molecule has 0 amide bonds. The molecule has 0 saturated heterocycles. The van der Waals surface area contributed by atoms with E-state index in [-0.39, 0.29) is 6.04 Å². The number of aromatic nitrogens is 2. The lowest BCUT2D eigenvalue weighted by Gasteiger charge is -2.18. The minimum absolute atomic E-state index is 0.231. The van der Waals surface area contributed by atoms with E-state index in [1.54, 1.807) is 12.4 Å². The number of rotatable bonds is 5. The summed E-state index contributed by atoms with van der Waals surface area (Å²) in [6, 6.07) is 5.05. The van der Waals surface area contributed by atoms with Crippen LogP contribution in [0, 0.1) is 6.92 Å². The fourth-order valence-corrected chi connectivity index (χ4v) is 3.02. The summed E-state index contributed by atoms with van der Waals surface area (Å²) in [5.74, 6) is 0. The Labute approximate surface area is 112 Å². The zero-order valence-electron chi connectivity index (χ0n) is 11.1. The van der Waals surface area contributed by atoms with Gasteiger partial charge in [0.1, 0.15) is 0 Å². The molecule has 2 unspecified atom stereocenters. The maximum Gasteiger partial charge on any atom is 0.0753 e. The molecule has 2 aromatic heterocycles. The minimum atomic E-state index is 0.231. The van der Waals surface area contributed by atoms with Gasteiger partial charge < -0.3 is 5.32 Å². The Bertz CT molecular complexity index is 481. The summed E-state index contributed by atoms with van der Waals surface area (Å²) in [7, 11) is 0. The SMILES string of the molecule is Cc1ccc(CC(C)NC(C)c2cnccn2)s1. The average Bonchev–Trinajstić information content (AvgIpc) is 2.75. The lowest BCUT2D eigenvalue weighted by molar-refractivity contribution is 0.471. The first kappa shape index (κ1) is 13.2. The summed E-state index contributed by atoms with van der Waals surface area (Å²) in [4.78, 5) is 11.2. The Morgan fingerprint density at radius 2 is 2.11 bits per heavy atom. The number of hydrogen-bond acceptors (Lipinski definition) is 4. The lowest BCUT2D eigenvalue weighted by Crippen LogP contribution is -2.31. The number of hydrogen-bond donors (Lipinski definition) is 1. The van der Waals surface area contributed by atoms with Crippen LogP contribution < -0.4 is 5.32 Å². The summed E-state index contributed by atoms with van der Waals surface area (Å²) in [5, 5.41) is 3.56. The van der Waals surface area contributed by atoms with Crippen molar-refractivity contribution >= 4 is 11.3 Å². The van der Waals surface area contributed by atoms with E-state index in [4.69, 9.17) is 0 Å². The molecule has 0 aliphatic carbocycles. The van der Waals surface area contributed by atoms with Crippen molar-refractivity contribution in [3.8, 4) is 0 Å². The molecule has 0 spiro atoms. The van der Waals surface area contributed by atoms with Gasteiger partial charge in [-0.15, -0.1) is 11.3 Å². The summed E-state index contributed by atoms with van der Waals surface area (Å²) >= 11 is 1.87. The molecule has 0 fully saturated rings. The molecule has 2 rings (SSSR count). The van der Waals surface area contributed by atoms with E-state index in [1.165, 1.54) is 9.75 Å². The Kier molecular flexibility index (Phi) is 4.44. The molecule has 2 atom stereocenters. The molecule has 0 aliphatic rings. The van der Waals surface area contributed by atoms with Crippen LogP contribution in [0.15, 0.2) is 30.7 Å². The van der Waals surface area contributed by atoms with Crippen LogP contribution >= 0.6 is 11.3 Å². The zero-order valence-corrected chi connectivity index (χ0v) is 11.9. The molecule has 0 radical (unpaired) electrons. The highest BCUT2D eigenvalue weighted by atomic mass is 32.1. The molecule has 0 aromatic carbocycles. The van der Waals surface area contributed by atoms with Gasteiger partial charge in [0, 0.05) is 40.4 Å². The molecule has 0 aliphatic heterocycles. The molecule has 2 aromatic rings. The van der Waals surface area contributed by atoms with Crippen molar-refractivity contribution in [3.63, 3.8) is 0 Å². The minimum Gasteiger partial charge on any atom is -0.306 e. The summed E-state index contributed by atoms with van der Waals surface area (Å²) in [6.45, 7) is 6.48. The third-order valence-corrected chi connectivity index (χ3v) is 3.89. The van der Waals surface area contributed by atoms with Gasteiger partial charge in [0.15, 0.2) is 0 Å². The summed E-state index contributed by atoms with van der Waals surface area (Å²) in [6.07, 6.45) is 6.32. The van der Waals surface area contributed by atoms with Gasteiger partial charge in [0.25, 0.3) is 0 Å². The quantitative estimate of drug-likeness (QED) is 0.898. The molecule has 0 saturated carbocycles. The van der Waals surface area contributed by atoms with Crippen LogP contribution in [0.4, 0.5) is 0 Å². The second kappa shape index (κ2) is 6.07. The highest BCUT2D eigenvalue weighted by molar-refractivity contribution is 7.11. The van der Waals surface area contributed by atoms with Crippen molar-refractivity contribution < 1.29 is 0 Å². The molecule has 1 N–H and O–H groups in total. The Morgan fingerprint density at radius 1 is 1.28 bits per heavy atom. The van der Waals surface area contributed by atoms with Crippen LogP contribution in [0.1, 0.15) is 35.3 Å². The maximum absolute atomic E-state index is 4.32. The van der Waals surface area contributed by atoms with E-state index in [9.17, 15) is 0 Å². The van der Waals surface area contributed by atoms with Crippen LogP contribution in [-0.2, 0) is 6.42 Å². The van der Waals surface area contributed by atoms with Gasteiger partial charge in [-0.1, -0.05) is 0 Å². The van der Waals surface area contributed by atoms with Gasteiger partial charge in [-0.05, 0) is 39.3 Å². The standard InChI is InChI=1S/C14H19N3S/c1-10(8-13-5-4-11(2)18-13)17-12(3)14-9-15-6-7-16-14/h4-7,9-10,12,17H,8H2,1-3H3. The summed E-state index contributed by atoms with van der Waals surface area (Å²) in [5.41, 5.74) is 0.992. The van der Waals surface area contributed by atoms with Crippen molar-refractivity contribution in [2.24, 2.45) is 0 Å². The normalized spacial score (nSPS) is 14.4. The number of thiophene rings is 1. The van der Waals surface area contributed by atoms with Crippen LogP contribution in [0.3, 0.4) is 0 Å². The van der Waals surface area contributed by atoms with Crippen LogP contribution in [0.5, 0.6) is 0 Å². The van der Waals surface area contributed by atoms with Crippen molar-refractivity contribution in [1.29, 1.82) is 0 Å². The van der Waals surface area contributed by atoms with Crippen molar-refractivity contribution in [1.82, 2.24) is 15.3 Å². The van der Waals surface area contributed by atoms with Crippen LogP contribution in [0.25, 0.3) is 0 Å². The van der Waals surface area contributed by atoms with Crippen molar-refractivity contribution in [3.05, 3.63) is 46.2 Å². The second-order valence-electron chi connectivity index (χ2n) is 4.64. The van der Waals surface area contributed by atoms with E-state index in [2.05, 4.69) is 48.2 Å². The maximum atomic E-state index is 4.32. The van der Waals surface area contributed by atoms with E-state index >= 15 is 0 Å². The van der Waals surface area contributed by atoms with Crippen LogP contribution in [0.2, 0.25) is 0 Å². The van der Waals surface area contributed by atoms with Crippen molar-refractivity contribution in [2.75, 3.05) is 0 Å². The number of nitrogens with zero attached hydrogens (tertiary/aromatic N) is 2. The molecule has 18 heavy (non-hydrogen) atoms. The molecular weight excluding hydrogens is 242 g/mol. The first-order chi connectivity index (χ1) is 8.65. The molecule has 0 bridgehead atoms. The Balaban J connectivity index is 1.89. The topological polar surface area (TPSA) is 37.8 Å². The van der Waals surface area contributed by atoms with E-state index < -0.39 is 0 Å². The van der Waals surface area contributed by atoms with E-state index in [0.29, 0.717) is 6.04 Å². The Hall–Kier alpha value is -1.26. The number of aryl methyl sites for hydroxylation is 1. The predicted octanol–water partition coefficient (Wildman–Crippen LogP) is 3.13. The second-order valence-corrected chi connectivity index (χ2v) is 6.01. The average molecular weight is 261 g/mol. The van der Waals surface area contributed by atoms with Crippen molar-refractivity contribution in [2.45, 2.75) is 39.3 Å². The first-order valence-corrected chi connectivity index (χ1v) is 7.04. The molecular formula is C14H19N3S. The lowest BCUT2D eigenvalue weighted by atomic mass is 10.1. The Morgan fingerprint density at radius 3 is 2.72 bits per heavy atom. The summed E-state index contributed by atoms with van der Waals surface area (Å²) < 4.78 is 0. The van der Waals surface area contributed by atoms with E-state index in [1.807, 2.05) is 17.5 Å². The smallest absolute Gasteiger partial charge is 0.0753 e. The van der Waals surface area contributed by atoms with Gasteiger partial charge in [0.2, 0.25) is 0 Å². The van der Waals surface area contributed by atoms with Crippen LogP contribution in [-0.4, -0.2) is 16.0 Å². The third kappa shape index (κ3) is 3.62. The zero-order chi connectivity index (χ0) is 13.0. The molecule has 2 heterocycles. The monoisotopic (exact) mass is 261 g/mol. The fraction of sp³-hybridized carbons (Fsp3) is 0.429. The van der Waals surface area contributed by atoms with Gasteiger partial charge in [-0.2, -0.15) is 0 Å². The largest absolute Gasteiger partial charge is 0.306 e. The first-order valence-electron chi connectivity index (χ1n) is 6.22. The molecule has 3 nitrogen and oxygen atoms in total. The molecule has 4 heteroatoms. The number of nitrogens with one attached hydrogen (secondary N) is 1.